The van der Waals surface area contributed by atoms with Gasteiger partial charge in [0.2, 0.25) is 11.8 Å². The third kappa shape index (κ3) is 6.28. The molecule has 8 heteroatoms. The van der Waals surface area contributed by atoms with E-state index in [9.17, 15) is 19.7 Å². The van der Waals surface area contributed by atoms with Crippen molar-refractivity contribution >= 4 is 29.3 Å². The second-order valence-electron chi connectivity index (χ2n) is 5.47. The van der Waals surface area contributed by atoms with Gasteiger partial charge < -0.3 is 15.4 Å². The van der Waals surface area contributed by atoms with Gasteiger partial charge in [-0.2, -0.15) is 0 Å². The molecule has 0 atom stereocenters. The maximum Gasteiger partial charge on any atom is 0.271 e. The van der Waals surface area contributed by atoms with Gasteiger partial charge in [-0.15, -0.1) is 0 Å². The fourth-order valence-electron chi connectivity index (χ4n) is 2.21. The number of rotatable bonds is 8. The first-order valence-corrected chi connectivity index (χ1v) is 8.13. The van der Waals surface area contributed by atoms with Crippen LogP contribution in [0.3, 0.4) is 0 Å². The first-order valence-electron chi connectivity index (χ1n) is 8.13. The fraction of sp³-hybridized carbons (Fsp3) is 0.158. The second-order valence-corrected chi connectivity index (χ2v) is 5.47. The highest BCUT2D eigenvalue weighted by molar-refractivity contribution is 5.94. The van der Waals surface area contributed by atoms with Crippen LogP contribution >= 0.6 is 0 Å². The van der Waals surface area contributed by atoms with Crippen LogP contribution < -0.4 is 15.4 Å². The largest absolute Gasteiger partial charge is 0.495 e. The second kappa shape index (κ2) is 9.71. The normalized spacial score (nSPS) is 10.4. The van der Waals surface area contributed by atoms with Crippen LogP contribution in [0.2, 0.25) is 0 Å². The number of hydrogen-bond donors (Lipinski definition) is 2. The molecule has 0 saturated carbocycles. The summed E-state index contributed by atoms with van der Waals surface area (Å²) in [6, 6.07) is 13.3. The molecule has 0 saturated heterocycles. The van der Waals surface area contributed by atoms with Crippen LogP contribution in [0.15, 0.2) is 54.6 Å². The lowest BCUT2D eigenvalue weighted by atomic mass is 10.2. The molecule has 8 nitrogen and oxygen atoms in total. The van der Waals surface area contributed by atoms with Crippen molar-refractivity contribution in [2.75, 3.05) is 19.0 Å². The number of ether oxygens (including phenoxy) is 1. The minimum absolute atomic E-state index is 0.0107. The molecule has 0 aliphatic heterocycles. The molecule has 0 aliphatic rings. The van der Waals surface area contributed by atoms with Gasteiger partial charge in [-0.3, -0.25) is 19.7 Å². The average molecular weight is 369 g/mol. The van der Waals surface area contributed by atoms with E-state index in [0.29, 0.717) is 5.75 Å². The molecule has 2 rings (SSSR count). The molecule has 140 valence electrons. The standard InChI is InChI=1S/C19H19N3O5/c1-27-17-9-8-15(22(25)26)13-16(17)21-19(24)11-12-20-18(23)10-7-14-5-3-2-4-6-14/h2-10,13H,11-12H2,1H3,(H,20,23)(H,21,24). The molecule has 2 aromatic carbocycles. The van der Waals surface area contributed by atoms with E-state index in [4.69, 9.17) is 4.74 Å². The zero-order valence-electron chi connectivity index (χ0n) is 14.7. The lowest BCUT2D eigenvalue weighted by Gasteiger charge is -2.10. The summed E-state index contributed by atoms with van der Waals surface area (Å²) in [5, 5.41) is 16.0. The highest BCUT2D eigenvalue weighted by Crippen LogP contribution is 2.28. The van der Waals surface area contributed by atoms with E-state index < -0.39 is 10.8 Å². The lowest BCUT2D eigenvalue weighted by Crippen LogP contribution is -2.26. The summed E-state index contributed by atoms with van der Waals surface area (Å²) < 4.78 is 5.08. The van der Waals surface area contributed by atoms with Crippen molar-refractivity contribution in [1.29, 1.82) is 0 Å². The summed E-state index contributed by atoms with van der Waals surface area (Å²) in [6.45, 7) is 0.126. The third-order valence-electron chi connectivity index (χ3n) is 3.55. The molecule has 0 spiro atoms. The Hall–Kier alpha value is -3.68. The molecule has 2 aromatic rings. The van der Waals surface area contributed by atoms with E-state index in [1.807, 2.05) is 30.3 Å². The van der Waals surface area contributed by atoms with E-state index in [1.54, 1.807) is 6.08 Å². The van der Waals surface area contributed by atoms with Gasteiger partial charge in [-0.25, -0.2) is 0 Å². The average Bonchev–Trinajstić information content (AvgIpc) is 2.67. The van der Waals surface area contributed by atoms with Crippen LogP contribution in [-0.4, -0.2) is 30.4 Å². The number of non-ortho nitro benzene ring substituents is 1. The zero-order chi connectivity index (χ0) is 19.6. The molecule has 2 N–H and O–H groups in total. The maximum atomic E-state index is 12.0. The van der Waals surface area contributed by atoms with Crippen molar-refractivity contribution in [3.05, 3.63) is 70.3 Å². The number of benzene rings is 2. The Balaban J connectivity index is 1.84. The highest BCUT2D eigenvalue weighted by Gasteiger charge is 2.13. The van der Waals surface area contributed by atoms with Crippen LogP contribution in [0.25, 0.3) is 6.08 Å². The minimum Gasteiger partial charge on any atom is -0.495 e. The third-order valence-corrected chi connectivity index (χ3v) is 3.55. The highest BCUT2D eigenvalue weighted by atomic mass is 16.6. The van der Waals surface area contributed by atoms with Crippen molar-refractivity contribution in [3.63, 3.8) is 0 Å². The number of amides is 2. The van der Waals surface area contributed by atoms with Crippen LogP contribution in [0, 0.1) is 10.1 Å². The zero-order valence-corrected chi connectivity index (χ0v) is 14.7. The number of hydrogen-bond acceptors (Lipinski definition) is 5. The van der Waals surface area contributed by atoms with Crippen LogP contribution in [0.1, 0.15) is 12.0 Å². The molecule has 0 aliphatic carbocycles. The molecule has 0 heterocycles. The van der Waals surface area contributed by atoms with Gasteiger partial charge in [-0.05, 0) is 17.7 Å². The van der Waals surface area contributed by atoms with E-state index in [-0.39, 0.29) is 30.2 Å². The van der Waals surface area contributed by atoms with E-state index in [0.717, 1.165) is 5.56 Å². The molecule has 27 heavy (non-hydrogen) atoms. The quantitative estimate of drug-likeness (QED) is 0.422. The van der Waals surface area contributed by atoms with Gasteiger partial charge in [-0.1, -0.05) is 30.3 Å². The van der Waals surface area contributed by atoms with Crippen molar-refractivity contribution < 1.29 is 19.2 Å². The first kappa shape index (κ1) is 19.6. The van der Waals surface area contributed by atoms with Gasteiger partial charge in [0, 0.05) is 31.2 Å². The summed E-state index contributed by atoms with van der Waals surface area (Å²) in [5.74, 6) is -0.413. The van der Waals surface area contributed by atoms with Crippen molar-refractivity contribution in [1.82, 2.24) is 5.32 Å². The topological polar surface area (TPSA) is 111 Å². The Bertz CT molecular complexity index is 850. The number of anilines is 1. The van der Waals surface area contributed by atoms with Gasteiger partial charge in [0.25, 0.3) is 5.69 Å². The van der Waals surface area contributed by atoms with Crippen molar-refractivity contribution in [3.8, 4) is 5.75 Å². The molecule has 0 radical (unpaired) electrons. The number of carbonyl (C=O) groups excluding carboxylic acids is 2. The van der Waals surface area contributed by atoms with E-state index in [2.05, 4.69) is 10.6 Å². The monoisotopic (exact) mass is 369 g/mol. The molecule has 0 unspecified atom stereocenters. The van der Waals surface area contributed by atoms with Gasteiger partial charge in [0.05, 0.1) is 17.7 Å². The summed E-state index contributed by atoms with van der Waals surface area (Å²) in [4.78, 5) is 34.1. The molecule has 0 fully saturated rings. The predicted octanol–water partition coefficient (Wildman–Crippen LogP) is 2.76. The Kier molecular flexibility index (Phi) is 7.07. The molecular weight excluding hydrogens is 350 g/mol. The number of nitro benzene ring substituents is 1. The SMILES string of the molecule is COc1ccc([N+](=O)[O-])cc1NC(=O)CCNC(=O)C=Cc1ccccc1. The fourth-order valence-corrected chi connectivity index (χ4v) is 2.21. The minimum atomic E-state index is -0.561. The van der Waals surface area contributed by atoms with Gasteiger partial charge in [0.1, 0.15) is 5.75 Å². The van der Waals surface area contributed by atoms with E-state index >= 15 is 0 Å². The summed E-state index contributed by atoms with van der Waals surface area (Å²) in [6.07, 6.45) is 3.07. The van der Waals surface area contributed by atoms with Crippen LogP contribution in [0.5, 0.6) is 5.75 Å². The van der Waals surface area contributed by atoms with Crippen LogP contribution in [-0.2, 0) is 9.59 Å². The number of nitro groups is 1. The Morgan fingerprint density at radius 1 is 1.19 bits per heavy atom. The molecule has 0 bridgehead atoms. The Morgan fingerprint density at radius 3 is 2.59 bits per heavy atom. The molecular formula is C19H19N3O5. The summed E-state index contributed by atoms with van der Waals surface area (Å²) in [5.41, 5.74) is 0.931. The molecule has 2 amide bonds. The van der Waals surface area contributed by atoms with E-state index in [1.165, 1.54) is 31.4 Å². The van der Waals surface area contributed by atoms with Gasteiger partial charge in [0.15, 0.2) is 0 Å². The van der Waals surface area contributed by atoms with Crippen molar-refractivity contribution in [2.24, 2.45) is 0 Å². The smallest absolute Gasteiger partial charge is 0.271 e. The number of carbonyl (C=O) groups is 2. The van der Waals surface area contributed by atoms with Gasteiger partial charge >= 0.3 is 0 Å². The summed E-state index contributed by atoms with van der Waals surface area (Å²) in [7, 11) is 1.40. The number of nitrogens with zero attached hydrogens (tertiary/aromatic N) is 1. The maximum absolute atomic E-state index is 12.0. The van der Waals surface area contributed by atoms with Crippen molar-refractivity contribution in [2.45, 2.75) is 6.42 Å². The number of methoxy groups -OCH3 is 1. The Morgan fingerprint density at radius 2 is 1.93 bits per heavy atom. The summed E-state index contributed by atoms with van der Waals surface area (Å²) >= 11 is 0. The Labute approximate surface area is 156 Å². The molecule has 0 aromatic heterocycles. The first-order chi connectivity index (χ1) is 13.0. The van der Waals surface area contributed by atoms with Crippen LogP contribution in [0.4, 0.5) is 11.4 Å². The predicted molar refractivity (Wildman–Crippen MR) is 101 cm³/mol. The lowest BCUT2D eigenvalue weighted by molar-refractivity contribution is -0.384. The number of nitrogens with one attached hydrogen (secondary N) is 2.